The maximum atomic E-state index is 13.7. The van der Waals surface area contributed by atoms with E-state index in [1.165, 1.54) is 23.9 Å². The Morgan fingerprint density at radius 3 is 2.17 bits per heavy atom. The molecule has 2 aromatic rings. The zero-order valence-electron chi connectivity index (χ0n) is 17.1. The molecule has 1 fully saturated rings. The van der Waals surface area contributed by atoms with Crippen molar-refractivity contribution >= 4 is 29.3 Å². The second kappa shape index (κ2) is 7.34. The highest BCUT2D eigenvalue weighted by Gasteiger charge is 2.65. The van der Waals surface area contributed by atoms with E-state index in [0.29, 0.717) is 22.4 Å². The number of halogens is 1. The number of benzene rings is 2. The number of hydrogen-bond donors (Lipinski definition) is 0. The Hall–Kier alpha value is -2.47. The molecule has 0 aromatic heterocycles. The normalized spacial score (nSPS) is 22.4. The molecule has 4 nitrogen and oxygen atoms in total. The summed E-state index contributed by atoms with van der Waals surface area (Å²) in [7, 11) is 0. The van der Waals surface area contributed by atoms with Crippen molar-refractivity contribution in [3.05, 3.63) is 71.0 Å². The van der Waals surface area contributed by atoms with E-state index in [1.807, 2.05) is 0 Å². The van der Waals surface area contributed by atoms with Crippen LogP contribution >= 0.6 is 11.8 Å². The molecule has 0 bridgehead atoms. The van der Waals surface area contributed by atoms with Gasteiger partial charge in [-0.3, -0.25) is 14.4 Å². The number of ketones is 2. The van der Waals surface area contributed by atoms with Gasteiger partial charge in [0.05, 0.1) is 11.7 Å². The van der Waals surface area contributed by atoms with E-state index in [2.05, 4.69) is 0 Å². The van der Waals surface area contributed by atoms with E-state index < -0.39 is 28.2 Å². The minimum atomic E-state index is -1.39. The summed E-state index contributed by atoms with van der Waals surface area (Å²) in [4.78, 5) is 40.0. The first-order chi connectivity index (χ1) is 14.1. The van der Waals surface area contributed by atoms with Crippen LogP contribution in [0, 0.1) is 17.2 Å². The fourth-order valence-corrected chi connectivity index (χ4v) is 6.35. The zero-order valence-corrected chi connectivity index (χ0v) is 17.9. The van der Waals surface area contributed by atoms with Crippen LogP contribution < -0.4 is 0 Å². The van der Waals surface area contributed by atoms with Gasteiger partial charge >= 0.3 is 5.97 Å². The summed E-state index contributed by atoms with van der Waals surface area (Å²) in [5, 5.41) is -0.488. The van der Waals surface area contributed by atoms with Gasteiger partial charge in [-0.15, -0.1) is 0 Å². The van der Waals surface area contributed by atoms with E-state index >= 15 is 0 Å². The van der Waals surface area contributed by atoms with Crippen LogP contribution in [0.1, 0.15) is 58.7 Å². The van der Waals surface area contributed by atoms with Gasteiger partial charge < -0.3 is 4.74 Å². The SMILES string of the molecule is CC(C)(C)OC(=O)C[C@@H]1CS[C@@H](c2ccc(F)cc2)C12C(=O)c1ccccc1C2=O. The third-order valence-corrected chi connectivity index (χ3v) is 7.27. The summed E-state index contributed by atoms with van der Waals surface area (Å²) in [5.74, 6) is -1.35. The summed E-state index contributed by atoms with van der Waals surface area (Å²) in [6.07, 6.45) is -0.0204. The highest BCUT2D eigenvalue weighted by Crippen LogP contribution is 2.62. The molecule has 1 aliphatic carbocycles. The number of ether oxygens (including phenoxy) is 1. The molecule has 6 heteroatoms. The van der Waals surface area contributed by atoms with Crippen LogP contribution in [0.4, 0.5) is 4.39 Å². The molecule has 2 aliphatic rings. The molecule has 0 amide bonds. The van der Waals surface area contributed by atoms with E-state index in [-0.39, 0.29) is 23.8 Å². The van der Waals surface area contributed by atoms with Gasteiger partial charge in [-0.05, 0) is 44.2 Å². The Kier molecular flexibility index (Phi) is 5.09. The van der Waals surface area contributed by atoms with Crippen LogP contribution in [0.25, 0.3) is 0 Å². The smallest absolute Gasteiger partial charge is 0.306 e. The van der Waals surface area contributed by atoms with Gasteiger partial charge in [-0.25, -0.2) is 4.39 Å². The minimum absolute atomic E-state index is 0.0204. The Balaban J connectivity index is 1.79. The first-order valence-corrected chi connectivity index (χ1v) is 11.0. The number of esters is 1. The van der Waals surface area contributed by atoms with E-state index in [0.717, 1.165) is 0 Å². The molecule has 0 N–H and O–H groups in total. The van der Waals surface area contributed by atoms with Gasteiger partial charge in [-0.1, -0.05) is 36.4 Å². The fourth-order valence-electron chi connectivity index (χ4n) is 4.53. The first kappa shape index (κ1) is 20.8. The molecule has 1 spiro atoms. The lowest BCUT2D eigenvalue weighted by Gasteiger charge is -2.33. The molecule has 2 aromatic carbocycles. The Labute approximate surface area is 179 Å². The monoisotopic (exact) mass is 426 g/mol. The Morgan fingerprint density at radius 1 is 1.07 bits per heavy atom. The van der Waals surface area contributed by atoms with Crippen molar-refractivity contribution in [2.45, 2.75) is 38.0 Å². The van der Waals surface area contributed by atoms with Crippen molar-refractivity contribution < 1.29 is 23.5 Å². The quantitative estimate of drug-likeness (QED) is 0.509. The summed E-state index contributed by atoms with van der Waals surface area (Å²) in [6.45, 7) is 5.35. The second-order valence-corrected chi connectivity index (χ2v) is 9.96. The average molecular weight is 427 g/mol. The largest absolute Gasteiger partial charge is 0.460 e. The lowest BCUT2D eigenvalue weighted by atomic mass is 9.67. The van der Waals surface area contributed by atoms with Crippen LogP contribution in [0.15, 0.2) is 48.5 Å². The number of fused-ring (bicyclic) bond motifs is 1. The Bertz CT molecular complexity index is 987. The van der Waals surface area contributed by atoms with Gasteiger partial charge in [0.15, 0.2) is 11.6 Å². The molecule has 1 saturated heterocycles. The van der Waals surface area contributed by atoms with Gasteiger partial charge in [-0.2, -0.15) is 11.8 Å². The standard InChI is InChI=1S/C24H23FO4S/c1-23(2,3)29-19(26)12-15-13-30-22(14-8-10-16(25)11-9-14)24(15)20(27)17-6-4-5-7-18(17)21(24)28/h4-11,15,22H,12-13H2,1-3H3/t15-,22+/m1/s1. The van der Waals surface area contributed by atoms with Crippen LogP contribution in [0.2, 0.25) is 0 Å². The van der Waals surface area contributed by atoms with Crippen LogP contribution in [-0.4, -0.2) is 28.9 Å². The second-order valence-electron chi connectivity index (χ2n) is 8.83. The molecule has 1 heterocycles. The van der Waals surface area contributed by atoms with Gasteiger partial charge in [0.1, 0.15) is 16.8 Å². The molecule has 2 atom stereocenters. The highest BCUT2D eigenvalue weighted by atomic mass is 32.2. The summed E-state index contributed by atoms with van der Waals surface area (Å²) in [6, 6.07) is 12.7. The summed E-state index contributed by atoms with van der Waals surface area (Å²) < 4.78 is 19.0. The number of hydrogen-bond acceptors (Lipinski definition) is 5. The number of rotatable bonds is 3. The number of thioether (sulfide) groups is 1. The first-order valence-electron chi connectivity index (χ1n) is 9.92. The number of carbonyl (C=O) groups excluding carboxylic acids is 3. The molecule has 30 heavy (non-hydrogen) atoms. The van der Waals surface area contributed by atoms with Gasteiger partial charge in [0.2, 0.25) is 0 Å². The van der Waals surface area contributed by atoms with E-state index in [4.69, 9.17) is 4.74 Å². The molecule has 0 saturated carbocycles. The summed E-state index contributed by atoms with van der Waals surface area (Å²) in [5.41, 5.74) is -0.539. The maximum absolute atomic E-state index is 13.7. The van der Waals surface area contributed by atoms with Gasteiger partial charge in [0, 0.05) is 17.0 Å². The van der Waals surface area contributed by atoms with Gasteiger partial charge in [0.25, 0.3) is 0 Å². The minimum Gasteiger partial charge on any atom is -0.460 e. The van der Waals surface area contributed by atoms with Crippen molar-refractivity contribution in [1.29, 1.82) is 0 Å². The third kappa shape index (κ3) is 3.27. The topological polar surface area (TPSA) is 60.4 Å². The molecular weight excluding hydrogens is 403 g/mol. The molecular formula is C24H23FO4S. The number of Topliss-reactive ketones (excluding diaryl/α,β-unsaturated/α-hetero) is 2. The van der Waals surface area contributed by atoms with Crippen LogP contribution in [-0.2, 0) is 9.53 Å². The van der Waals surface area contributed by atoms with Crippen LogP contribution in [0.5, 0.6) is 0 Å². The zero-order chi connectivity index (χ0) is 21.7. The van der Waals surface area contributed by atoms with E-state index in [1.54, 1.807) is 57.2 Å². The van der Waals surface area contributed by atoms with Crippen molar-refractivity contribution in [3.8, 4) is 0 Å². The van der Waals surface area contributed by atoms with Crippen LogP contribution in [0.3, 0.4) is 0 Å². The highest BCUT2D eigenvalue weighted by molar-refractivity contribution is 7.99. The lowest BCUT2D eigenvalue weighted by molar-refractivity contribution is -0.156. The van der Waals surface area contributed by atoms with E-state index in [9.17, 15) is 18.8 Å². The summed E-state index contributed by atoms with van der Waals surface area (Å²) >= 11 is 1.47. The molecule has 0 unspecified atom stereocenters. The molecule has 4 rings (SSSR count). The van der Waals surface area contributed by atoms with Crippen molar-refractivity contribution in [3.63, 3.8) is 0 Å². The molecule has 0 radical (unpaired) electrons. The van der Waals surface area contributed by atoms with Crippen molar-refractivity contribution in [2.24, 2.45) is 11.3 Å². The van der Waals surface area contributed by atoms with Crippen molar-refractivity contribution in [1.82, 2.24) is 0 Å². The predicted octanol–water partition coefficient (Wildman–Crippen LogP) is 5.03. The predicted molar refractivity (Wildman–Crippen MR) is 113 cm³/mol. The fraction of sp³-hybridized carbons (Fsp3) is 0.375. The number of carbonyl (C=O) groups is 3. The average Bonchev–Trinajstić information content (AvgIpc) is 3.15. The lowest BCUT2D eigenvalue weighted by Crippen LogP contribution is -2.43. The molecule has 1 aliphatic heterocycles. The maximum Gasteiger partial charge on any atom is 0.306 e. The Morgan fingerprint density at radius 2 is 1.63 bits per heavy atom. The third-order valence-electron chi connectivity index (χ3n) is 5.70. The van der Waals surface area contributed by atoms with Crippen molar-refractivity contribution in [2.75, 3.05) is 5.75 Å². The molecule has 156 valence electrons.